The Hall–Kier alpha value is -2.93. The highest BCUT2D eigenvalue weighted by molar-refractivity contribution is 9.10. The lowest BCUT2D eigenvalue weighted by atomic mass is 10.1. The molecule has 0 aliphatic carbocycles. The molecule has 2 aromatic carbocycles. The van der Waals surface area contributed by atoms with E-state index in [1.807, 2.05) is 30.3 Å². The van der Waals surface area contributed by atoms with Gasteiger partial charge in [-0.15, -0.1) is 0 Å². The monoisotopic (exact) mass is 396 g/mol. The second-order valence-electron chi connectivity index (χ2n) is 5.70. The first kappa shape index (κ1) is 15.6. The van der Waals surface area contributed by atoms with E-state index < -0.39 is 0 Å². The fourth-order valence-corrected chi connectivity index (χ4v) is 3.10. The summed E-state index contributed by atoms with van der Waals surface area (Å²) in [4.78, 5) is 23.8. The Balaban J connectivity index is 1.53. The van der Waals surface area contributed by atoms with Crippen molar-refractivity contribution in [2.24, 2.45) is 0 Å². The molecule has 7 heteroatoms. The second-order valence-corrected chi connectivity index (χ2v) is 6.62. The average Bonchev–Trinajstić information content (AvgIpc) is 3.20. The van der Waals surface area contributed by atoms with E-state index >= 15 is 0 Å². The number of nitrogens with zero attached hydrogens (tertiary/aromatic N) is 2. The van der Waals surface area contributed by atoms with Crippen LogP contribution in [0.4, 0.5) is 11.4 Å². The molecule has 0 unspecified atom stereocenters. The summed E-state index contributed by atoms with van der Waals surface area (Å²) in [6, 6.07) is 13.0. The first-order chi connectivity index (χ1) is 12.1. The largest absolute Gasteiger partial charge is 0.326 e. The fourth-order valence-electron chi connectivity index (χ4n) is 2.71. The first-order valence-corrected chi connectivity index (χ1v) is 8.42. The van der Waals surface area contributed by atoms with E-state index in [1.54, 1.807) is 23.0 Å². The normalized spacial score (nSPS) is 12.6. The van der Waals surface area contributed by atoms with Gasteiger partial charge in [-0.1, -0.05) is 22.0 Å². The third-order valence-corrected chi connectivity index (χ3v) is 4.40. The highest BCUT2D eigenvalue weighted by Gasteiger charge is 2.18. The van der Waals surface area contributed by atoms with Crippen LogP contribution >= 0.6 is 15.9 Å². The molecule has 3 aromatic rings. The summed E-state index contributed by atoms with van der Waals surface area (Å²) in [5.74, 6) is -0.285. The summed E-state index contributed by atoms with van der Waals surface area (Å²) >= 11 is 3.42. The maximum atomic E-state index is 12.4. The SMILES string of the molecule is O=C1Cc2cc(NC(=O)c3cnn(-c4cccc(Br)c4)c3)ccc2N1. The maximum absolute atomic E-state index is 12.4. The van der Waals surface area contributed by atoms with E-state index in [0.717, 1.165) is 21.4 Å². The van der Waals surface area contributed by atoms with Gasteiger partial charge in [0, 0.05) is 22.0 Å². The Bertz CT molecular complexity index is 996. The molecule has 0 saturated heterocycles. The van der Waals surface area contributed by atoms with E-state index in [9.17, 15) is 9.59 Å². The van der Waals surface area contributed by atoms with Gasteiger partial charge in [-0.2, -0.15) is 5.10 Å². The first-order valence-electron chi connectivity index (χ1n) is 7.63. The van der Waals surface area contributed by atoms with Crippen LogP contribution in [0, 0.1) is 0 Å². The standard InChI is InChI=1S/C18H13BrN4O2/c19-13-2-1-3-15(8-13)23-10-12(9-20-23)18(25)21-14-4-5-16-11(6-14)7-17(24)22-16/h1-6,8-10H,7H2,(H,21,25)(H,22,24). The highest BCUT2D eigenvalue weighted by atomic mass is 79.9. The summed E-state index contributed by atoms with van der Waals surface area (Å²) < 4.78 is 2.58. The molecule has 0 fully saturated rings. The van der Waals surface area contributed by atoms with Crippen LogP contribution in [0.15, 0.2) is 59.3 Å². The number of benzene rings is 2. The molecule has 2 amide bonds. The molecular weight excluding hydrogens is 384 g/mol. The molecule has 2 N–H and O–H groups in total. The molecule has 0 radical (unpaired) electrons. The van der Waals surface area contributed by atoms with Crippen molar-refractivity contribution in [3.8, 4) is 5.69 Å². The van der Waals surface area contributed by atoms with Crippen molar-refractivity contribution < 1.29 is 9.59 Å². The molecule has 6 nitrogen and oxygen atoms in total. The Labute approximate surface area is 152 Å². The van der Waals surface area contributed by atoms with Gasteiger partial charge in [0.15, 0.2) is 0 Å². The molecule has 1 aliphatic rings. The van der Waals surface area contributed by atoms with Gasteiger partial charge in [0.2, 0.25) is 5.91 Å². The molecule has 0 saturated carbocycles. The number of carbonyl (C=O) groups is 2. The van der Waals surface area contributed by atoms with Crippen molar-refractivity contribution in [3.63, 3.8) is 0 Å². The highest BCUT2D eigenvalue weighted by Crippen LogP contribution is 2.26. The molecule has 0 atom stereocenters. The molecule has 1 aliphatic heterocycles. The lowest BCUT2D eigenvalue weighted by molar-refractivity contribution is -0.115. The number of halogens is 1. The van der Waals surface area contributed by atoms with Crippen molar-refractivity contribution in [2.45, 2.75) is 6.42 Å². The van der Waals surface area contributed by atoms with Crippen molar-refractivity contribution in [3.05, 3.63) is 70.5 Å². The van der Waals surface area contributed by atoms with Crippen LogP contribution in [0.3, 0.4) is 0 Å². The topological polar surface area (TPSA) is 76.0 Å². The van der Waals surface area contributed by atoms with Gasteiger partial charge in [0.1, 0.15) is 0 Å². The van der Waals surface area contributed by atoms with Crippen molar-refractivity contribution in [1.29, 1.82) is 0 Å². The quantitative estimate of drug-likeness (QED) is 0.712. The molecule has 25 heavy (non-hydrogen) atoms. The number of hydrogen-bond acceptors (Lipinski definition) is 3. The number of nitrogens with one attached hydrogen (secondary N) is 2. The van der Waals surface area contributed by atoms with E-state index in [4.69, 9.17) is 0 Å². The minimum Gasteiger partial charge on any atom is -0.326 e. The average molecular weight is 397 g/mol. The van der Waals surface area contributed by atoms with Gasteiger partial charge in [0.05, 0.1) is 23.9 Å². The maximum Gasteiger partial charge on any atom is 0.258 e. The zero-order valence-corrected chi connectivity index (χ0v) is 14.6. The molecular formula is C18H13BrN4O2. The Morgan fingerprint density at radius 1 is 1.24 bits per heavy atom. The number of aromatic nitrogens is 2. The third-order valence-electron chi connectivity index (χ3n) is 3.91. The van der Waals surface area contributed by atoms with E-state index in [2.05, 4.69) is 31.7 Å². The summed E-state index contributed by atoms with van der Waals surface area (Å²) in [6.07, 6.45) is 3.53. The minimum absolute atomic E-state index is 0.0335. The molecule has 0 spiro atoms. The van der Waals surface area contributed by atoms with Crippen molar-refractivity contribution in [1.82, 2.24) is 9.78 Å². The van der Waals surface area contributed by atoms with Crippen LogP contribution in [0.2, 0.25) is 0 Å². The van der Waals surface area contributed by atoms with E-state index in [-0.39, 0.29) is 11.8 Å². The summed E-state index contributed by atoms with van der Waals surface area (Å²) in [6.45, 7) is 0. The number of fused-ring (bicyclic) bond motifs is 1. The number of amides is 2. The minimum atomic E-state index is -0.251. The summed E-state index contributed by atoms with van der Waals surface area (Å²) in [5.41, 5.74) is 3.64. The molecule has 4 rings (SSSR count). The van der Waals surface area contributed by atoms with Gasteiger partial charge >= 0.3 is 0 Å². The van der Waals surface area contributed by atoms with Gasteiger partial charge in [-0.25, -0.2) is 4.68 Å². The van der Waals surface area contributed by atoms with E-state index in [1.165, 1.54) is 6.20 Å². The Morgan fingerprint density at radius 3 is 2.96 bits per heavy atom. The number of hydrogen-bond donors (Lipinski definition) is 2. The predicted molar refractivity (Wildman–Crippen MR) is 98.0 cm³/mol. The van der Waals surface area contributed by atoms with E-state index in [0.29, 0.717) is 17.7 Å². The van der Waals surface area contributed by atoms with Gasteiger partial charge in [-0.3, -0.25) is 9.59 Å². The van der Waals surface area contributed by atoms with Crippen LogP contribution < -0.4 is 10.6 Å². The Kier molecular flexibility index (Phi) is 3.85. The van der Waals surface area contributed by atoms with Crippen molar-refractivity contribution in [2.75, 3.05) is 10.6 Å². The number of rotatable bonds is 3. The zero-order chi connectivity index (χ0) is 17.4. The van der Waals surface area contributed by atoms with Crippen LogP contribution in [0.1, 0.15) is 15.9 Å². The molecule has 1 aromatic heterocycles. The number of carbonyl (C=O) groups excluding carboxylic acids is 2. The lowest BCUT2D eigenvalue weighted by Gasteiger charge is -2.06. The summed E-state index contributed by atoms with van der Waals surface area (Å²) in [7, 11) is 0. The predicted octanol–water partition coefficient (Wildman–Crippen LogP) is 3.38. The van der Waals surface area contributed by atoms with Crippen molar-refractivity contribution >= 4 is 39.1 Å². The van der Waals surface area contributed by atoms with Crippen LogP contribution in [0.25, 0.3) is 5.69 Å². The van der Waals surface area contributed by atoms with Gasteiger partial charge in [-0.05, 0) is 42.0 Å². The van der Waals surface area contributed by atoms with Gasteiger partial charge < -0.3 is 10.6 Å². The van der Waals surface area contributed by atoms with Crippen LogP contribution in [-0.4, -0.2) is 21.6 Å². The lowest BCUT2D eigenvalue weighted by Crippen LogP contribution is -2.11. The molecule has 124 valence electrons. The second kappa shape index (κ2) is 6.18. The Morgan fingerprint density at radius 2 is 2.12 bits per heavy atom. The smallest absolute Gasteiger partial charge is 0.258 e. The van der Waals surface area contributed by atoms with Gasteiger partial charge in [0.25, 0.3) is 5.91 Å². The third kappa shape index (κ3) is 3.18. The molecule has 0 bridgehead atoms. The van der Waals surface area contributed by atoms with Crippen LogP contribution in [-0.2, 0) is 11.2 Å². The molecule has 2 heterocycles. The fraction of sp³-hybridized carbons (Fsp3) is 0.0556. The zero-order valence-electron chi connectivity index (χ0n) is 13.0. The van der Waals surface area contributed by atoms with Crippen LogP contribution in [0.5, 0.6) is 0 Å². The summed E-state index contributed by atoms with van der Waals surface area (Å²) in [5, 5.41) is 9.84. The number of anilines is 2.